The Balaban J connectivity index is 1.54. The summed E-state index contributed by atoms with van der Waals surface area (Å²) in [4.78, 5) is 32.7. The van der Waals surface area contributed by atoms with Crippen molar-refractivity contribution in [3.8, 4) is 0 Å². The van der Waals surface area contributed by atoms with Crippen molar-refractivity contribution in [3.63, 3.8) is 0 Å². The third kappa shape index (κ3) is 4.19. The van der Waals surface area contributed by atoms with Gasteiger partial charge in [0, 0.05) is 25.8 Å². The molecule has 2 fully saturated rings. The molecule has 0 atom stereocenters. The minimum absolute atomic E-state index is 0.119. The number of carboxylic acid groups (broad SMARTS) is 1. The molecule has 6 nitrogen and oxygen atoms in total. The quantitative estimate of drug-likeness (QED) is 0.769. The second kappa shape index (κ2) is 8.13. The second-order valence-corrected chi connectivity index (χ2v) is 8.02. The molecule has 2 aromatic rings. The number of aromatic carboxylic acids is 1. The minimum atomic E-state index is -1.01. The van der Waals surface area contributed by atoms with Crippen molar-refractivity contribution in [1.82, 2.24) is 4.90 Å². The van der Waals surface area contributed by atoms with Crippen LogP contribution >= 0.6 is 11.8 Å². The summed E-state index contributed by atoms with van der Waals surface area (Å²) < 4.78 is 0. The normalized spacial score (nSPS) is 19.6. The summed E-state index contributed by atoms with van der Waals surface area (Å²) in [5.41, 5.74) is 2.85. The fraction of sp³-hybridized carbons (Fsp3) is 0.227. The zero-order valence-electron chi connectivity index (χ0n) is 16.0. The maximum atomic E-state index is 12.6. The predicted octanol–water partition coefficient (Wildman–Crippen LogP) is 4.22. The summed E-state index contributed by atoms with van der Waals surface area (Å²) in [6.45, 7) is 2.20. The Morgan fingerprint density at radius 1 is 1.14 bits per heavy atom. The van der Waals surface area contributed by atoms with E-state index < -0.39 is 5.97 Å². The number of likely N-dealkylation sites (N-methyl/N-ethyl adjacent to an activating group) is 1. The first-order valence-electron chi connectivity index (χ1n) is 9.46. The smallest absolute Gasteiger partial charge is 0.335 e. The molecule has 1 N–H and O–H groups in total. The third-order valence-corrected chi connectivity index (χ3v) is 6.04. The highest BCUT2D eigenvalue weighted by Crippen LogP contribution is 2.33. The van der Waals surface area contributed by atoms with E-state index in [0.29, 0.717) is 15.8 Å². The highest BCUT2D eigenvalue weighted by molar-refractivity contribution is 8.18. The molecule has 2 aromatic carbocycles. The standard InChI is InChI=1S/C22H21N3O3S/c1-24-20(26)19(13-15-7-9-18(10-8-15)25-11-2-3-12-25)29-22(24)23-17-6-4-5-16(14-17)21(27)28/h4-10,13-14H,2-3,11-12H2,1H3,(H,27,28)/b19-13-,23-22?. The number of rotatable bonds is 4. The number of carboxylic acids is 1. The van der Waals surface area contributed by atoms with Crippen molar-refractivity contribution in [2.24, 2.45) is 4.99 Å². The highest BCUT2D eigenvalue weighted by Gasteiger charge is 2.30. The van der Waals surface area contributed by atoms with Crippen LogP contribution in [0, 0.1) is 0 Å². The molecule has 2 aliphatic rings. The van der Waals surface area contributed by atoms with Crippen LogP contribution in [0.5, 0.6) is 0 Å². The topological polar surface area (TPSA) is 73.2 Å². The molecule has 7 heteroatoms. The molecular formula is C22H21N3O3S. The summed E-state index contributed by atoms with van der Waals surface area (Å²) >= 11 is 1.29. The molecule has 2 aliphatic heterocycles. The van der Waals surface area contributed by atoms with E-state index in [1.165, 1.54) is 47.3 Å². The Morgan fingerprint density at radius 2 is 1.86 bits per heavy atom. The van der Waals surface area contributed by atoms with E-state index in [1.54, 1.807) is 19.2 Å². The molecule has 29 heavy (non-hydrogen) atoms. The van der Waals surface area contributed by atoms with Gasteiger partial charge in [-0.15, -0.1) is 0 Å². The van der Waals surface area contributed by atoms with Gasteiger partial charge in [0.25, 0.3) is 5.91 Å². The lowest BCUT2D eigenvalue weighted by molar-refractivity contribution is -0.121. The Kier molecular flexibility index (Phi) is 5.40. The molecule has 0 saturated carbocycles. The molecule has 2 saturated heterocycles. The molecule has 2 heterocycles. The summed E-state index contributed by atoms with van der Waals surface area (Å²) in [5, 5.41) is 9.65. The first kappa shape index (κ1) is 19.3. The van der Waals surface area contributed by atoms with Crippen LogP contribution in [-0.2, 0) is 4.79 Å². The van der Waals surface area contributed by atoms with Gasteiger partial charge in [0.15, 0.2) is 5.17 Å². The lowest BCUT2D eigenvalue weighted by Crippen LogP contribution is -2.23. The molecule has 0 unspecified atom stereocenters. The number of amides is 1. The van der Waals surface area contributed by atoms with Crippen molar-refractivity contribution in [1.29, 1.82) is 0 Å². The number of hydrogen-bond donors (Lipinski definition) is 1. The van der Waals surface area contributed by atoms with Gasteiger partial charge in [0.1, 0.15) is 0 Å². The van der Waals surface area contributed by atoms with Crippen molar-refractivity contribution in [3.05, 3.63) is 64.6 Å². The summed E-state index contributed by atoms with van der Waals surface area (Å²) in [7, 11) is 1.67. The van der Waals surface area contributed by atoms with Gasteiger partial charge in [-0.1, -0.05) is 18.2 Å². The van der Waals surface area contributed by atoms with Gasteiger partial charge in [-0.3, -0.25) is 9.69 Å². The number of carbonyl (C=O) groups excluding carboxylic acids is 1. The Labute approximate surface area is 173 Å². The van der Waals surface area contributed by atoms with Crippen LogP contribution in [-0.4, -0.2) is 47.2 Å². The van der Waals surface area contributed by atoms with Crippen molar-refractivity contribution in [2.45, 2.75) is 12.8 Å². The number of hydrogen-bond acceptors (Lipinski definition) is 5. The molecular weight excluding hydrogens is 386 g/mol. The SMILES string of the molecule is CN1C(=O)/C(=C/c2ccc(N3CCCC3)cc2)SC1=Nc1cccc(C(=O)O)c1. The van der Waals surface area contributed by atoms with E-state index in [4.69, 9.17) is 5.11 Å². The Hall–Kier alpha value is -3.06. The number of amidine groups is 1. The summed E-state index contributed by atoms with van der Waals surface area (Å²) in [6, 6.07) is 14.6. The second-order valence-electron chi connectivity index (χ2n) is 7.01. The number of benzene rings is 2. The van der Waals surface area contributed by atoms with Gasteiger partial charge in [-0.05, 0) is 66.6 Å². The van der Waals surface area contributed by atoms with Gasteiger partial charge in [-0.25, -0.2) is 9.79 Å². The predicted molar refractivity (Wildman–Crippen MR) is 117 cm³/mol. The van der Waals surface area contributed by atoms with Crippen LogP contribution < -0.4 is 4.90 Å². The van der Waals surface area contributed by atoms with Gasteiger partial charge >= 0.3 is 5.97 Å². The summed E-state index contributed by atoms with van der Waals surface area (Å²) in [6.07, 6.45) is 4.34. The van der Waals surface area contributed by atoms with Crippen LogP contribution in [0.1, 0.15) is 28.8 Å². The van der Waals surface area contributed by atoms with E-state index >= 15 is 0 Å². The van der Waals surface area contributed by atoms with E-state index in [9.17, 15) is 9.59 Å². The van der Waals surface area contributed by atoms with Crippen LogP contribution in [0.4, 0.5) is 11.4 Å². The minimum Gasteiger partial charge on any atom is -0.478 e. The zero-order chi connectivity index (χ0) is 20.4. The van der Waals surface area contributed by atoms with Gasteiger partial charge < -0.3 is 10.0 Å². The number of thioether (sulfide) groups is 1. The maximum absolute atomic E-state index is 12.6. The van der Waals surface area contributed by atoms with E-state index in [2.05, 4.69) is 22.0 Å². The molecule has 0 bridgehead atoms. The lowest BCUT2D eigenvalue weighted by Gasteiger charge is -2.17. The van der Waals surface area contributed by atoms with Crippen molar-refractivity contribution < 1.29 is 14.7 Å². The lowest BCUT2D eigenvalue weighted by atomic mass is 10.2. The highest BCUT2D eigenvalue weighted by atomic mass is 32.2. The van der Waals surface area contributed by atoms with Crippen LogP contribution in [0.3, 0.4) is 0 Å². The fourth-order valence-electron chi connectivity index (χ4n) is 3.38. The van der Waals surface area contributed by atoms with Gasteiger partial charge in [-0.2, -0.15) is 0 Å². The number of aliphatic imine (C=N–C) groups is 1. The number of anilines is 1. The van der Waals surface area contributed by atoms with E-state index in [1.807, 2.05) is 18.2 Å². The molecule has 0 spiro atoms. The monoisotopic (exact) mass is 407 g/mol. The van der Waals surface area contributed by atoms with E-state index in [-0.39, 0.29) is 11.5 Å². The molecule has 4 rings (SSSR count). The fourth-order valence-corrected chi connectivity index (χ4v) is 4.37. The Morgan fingerprint density at radius 3 is 2.55 bits per heavy atom. The van der Waals surface area contributed by atoms with Crippen LogP contribution in [0.25, 0.3) is 6.08 Å². The van der Waals surface area contributed by atoms with Crippen LogP contribution in [0.15, 0.2) is 58.4 Å². The average molecular weight is 407 g/mol. The summed E-state index contributed by atoms with van der Waals surface area (Å²) in [5.74, 6) is -1.12. The van der Waals surface area contributed by atoms with Crippen molar-refractivity contribution in [2.75, 3.05) is 25.0 Å². The molecule has 0 radical (unpaired) electrons. The van der Waals surface area contributed by atoms with E-state index in [0.717, 1.165) is 18.7 Å². The molecule has 1 amide bonds. The molecule has 0 aliphatic carbocycles. The molecule has 148 valence electrons. The first-order valence-corrected chi connectivity index (χ1v) is 10.3. The molecule has 0 aromatic heterocycles. The first-order chi connectivity index (χ1) is 14.0. The number of carbonyl (C=O) groups is 2. The zero-order valence-corrected chi connectivity index (χ0v) is 16.9. The maximum Gasteiger partial charge on any atom is 0.335 e. The van der Waals surface area contributed by atoms with Gasteiger partial charge in [0.05, 0.1) is 16.2 Å². The van der Waals surface area contributed by atoms with Crippen molar-refractivity contribution >= 4 is 46.3 Å². The average Bonchev–Trinajstić information content (AvgIpc) is 3.34. The Bertz CT molecular complexity index is 1010. The van der Waals surface area contributed by atoms with Crippen LogP contribution in [0.2, 0.25) is 0 Å². The third-order valence-electron chi connectivity index (χ3n) is 4.98. The number of nitrogens with zero attached hydrogens (tertiary/aromatic N) is 3. The largest absolute Gasteiger partial charge is 0.478 e. The van der Waals surface area contributed by atoms with Gasteiger partial charge in [0.2, 0.25) is 0 Å².